The third kappa shape index (κ3) is 4.30. The van der Waals surface area contributed by atoms with Gasteiger partial charge in [-0.25, -0.2) is 4.98 Å². The predicted molar refractivity (Wildman–Crippen MR) is 127 cm³/mol. The van der Waals surface area contributed by atoms with Crippen molar-refractivity contribution in [3.05, 3.63) is 100 Å². The molecule has 3 nitrogen and oxygen atoms in total. The number of aryl methyl sites for hydroxylation is 2. The van der Waals surface area contributed by atoms with Gasteiger partial charge < -0.3 is 0 Å². The molecule has 0 saturated heterocycles. The molecule has 4 aromatic rings. The Bertz CT molecular complexity index is 1230. The summed E-state index contributed by atoms with van der Waals surface area (Å²) in [7, 11) is 0. The van der Waals surface area contributed by atoms with E-state index in [1.165, 1.54) is 16.9 Å². The second kappa shape index (κ2) is 8.82. The van der Waals surface area contributed by atoms with Crippen LogP contribution >= 0.6 is 22.9 Å². The minimum atomic E-state index is -0.132. The number of hydrogen-bond acceptors (Lipinski definition) is 3. The van der Waals surface area contributed by atoms with Crippen molar-refractivity contribution < 1.29 is 4.79 Å². The largest absolute Gasteiger partial charge is 0.280 e. The standard InChI is InChI=1S/C25H21ClN2OS/c1-17-12-14-22-24(18(17)2)27-25(30-22)28(16-19-8-4-3-5-9-19)23(29)15-13-20-10-6-7-11-21(20)26/h3-15H,16H2,1-2H3/b15-13+. The van der Waals surface area contributed by atoms with Crippen LogP contribution in [-0.2, 0) is 11.3 Å². The molecule has 1 aromatic heterocycles. The summed E-state index contributed by atoms with van der Waals surface area (Å²) >= 11 is 7.77. The van der Waals surface area contributed by atoms with E-state index in [-0.39, 0.29) is 5.91 Å². The van der Waals surface area contributed by atoms with E-state index in [9.17, 15) is 4.79 Å². The van der Waals surface area contributed by atoms with Crippen LogP contribution in [0.15, 0.2) is 72.8 Å². The third-order valence-electron chi connectivity index (χ3n) is 5.06. The van der Waals surface area contributed by atoms with Gasteiger partial charge in [-0.2, -0.15) is 0 Å². The number of amides is 1. The molecule has 0 unspecified atom stereocenters. The van der Waals surface area contributed by atoms with Crippen molar-refractivity contribution in [1.29, 1.82) is 0 Å². The molecule has 30 heavy (non-hydrogen) atoms. The zero-order chi connectivity index (χ0) is 21.1. The lowest BCUT2D eigenvalue weighted by Gasteiger charge is -2.18. The highest BCUT2D eigenvalue weighted by Crippen LogP contribution is 2.33. The van der Waals surface area contributed by atoms with Gasteiger partial charge in [0.25, 0.3) is 5.91 Å². The van der Waals surface area contributed by atoms with Gasteiger partial charge >= 0.3 is 0 Å². The van der Waals surface area contributed by atoms with Crippen LogP contribution in [0.3, 0.4) is 0 Å². The Labute approximate surface area is 185 Å². The van der Waals surface area contributed by atoms with Crippen LogP contribution in [0.2, 0.25) is 5.02 Å². The first-order valence-corrected chi connectivity index (χ1v) is 10.9. The van der Waals surface area contributed by atoms with Gasteiger partial charge in [0.1, 0.15) is 0 Å². The van der Waals surface area contributed by atoms with Crippen LogP contribution in [-0.4, -0.2) is 10.9 Å². The smallest absolute Gasteiger partial charge is 0.253 e. The van der Waals surface area contributed by atoms with Crippen molar-refractivity contribution in [3.8, 4) is 0 Å². The normalized spacial score (nSPS) is 11.3. The molecule has 0 N–H and O–H groups in total. The van der Waals surface area contributed by atoms with Gasteiger partial charge in [0.05, 0.1) is 16.8 Å². The minimum absolute atomic E-state index is 0.132. The molecule has 1 heterocycles. The molecule has 0 atom stereocenters. The van der Waals surface area contributed by atoms with Crippen molar-refractivity contribution in [2.75, 3.05) is 4.90 Å². The number of carbonyl (C=O) groups is 1. The van der Waals surface area contributed by atoms with Gasteiger partial charge in [0, 0.05) is 11.1 Å². The fraction of sp³-hybridized carbons (Fsp3) is 0.120. The van der Waals surface area contributed by atoms with E-state index in [0.717, 1.165) is 26.9 Å². The Morgan fingerprint density at radius 2 is 1.77 bits per heavy atom. The molecular formula is C25H21ClN2OS. The highest BCUT2D eigenvalue weighted by Gasteiger charge is 2.19. The van der Waals surface area contributed by atoms with Gasteiger partial charge in [0.15, 0.2) is 5.13 Å². The molecule has 1 amide bonds. The second-order valence-electron chi connectivity index (χ2n) is 7.12. The number of thiazole rings is 1. The Morgan fingerprint density at radius 3 is 2.53 bits per heavy atom. The van der Waals surface area contributed by atoms with Gasteiger partial charge in [-0.1, -0.05) is 77.5 Å². The van der Waals surface area contributed by atoms with Crippen molar-refractivity contribution >= 4 is 50.3 Å². The number of carbonyl (C=O) groups excluding carboxylic acids is 1. The minimum Gasteiger partial charge on any atom is -0.280 e. The summed E-state index contributed by atoms with van der Waals surface area (Å²) in [5, 5.41) is 1.30. The first kappa shape index (κ1) is 20.3. The quantitative estimate of drug-likeness (QED) is 0.324. The van der Waals surface area contributed by atoms with E-state index in [2.05, 4.69) is 26.0 Å². The van der Waals surface area contributed by atoms with Crippen LogP contribution in [0.25, 0.3) is 16.3 Å². The van der Waals surface area contributed by atoms with E-state index in [0.29, 0.717) is 16.7 Å². The van der Waals surface area contributed by atoms with Crippen molar-refractivity contribution in [2.45, 2.75) is 20.4 Å². The number of fused-ring (bicyclic) bond motifs is 1. The Kier molecular flexibility index (Phi) is 5.98. The average molecular weight is 433 g/mol. The maximum Gasteiger partial charge on any atom is 0.253 e. The van der Waals surface area contributed by atoms with Crippen molar-refractivity contribution in [2.24, 2.45) is 0 Å². The zero-order valence-electron chi connectivity index (χ0n) is 16.8. The molecule has 0 aliphatic rings. The van der Waals surface area contributed by atoms with Crippen LogP contribution in [0.4, 0.5) is 5.13 Å². The lowest BCUT2D eigenvalue weighted by Crippen LogP contribution is -2.28. The van der Waals surface area contributed by atoms with E-state index in [1.807, 2.05) is 54.6 Å². The molecule has 150 valence electrons. The number of anilines is 1. The summed E-state index contributed by atoms with van der Waals surface area (Å²) < 4.78 is 1.08. The summed E-state index contributed by atoms with van der Waals surface area (Å²) in [5.41, 5.74) is 5.15. The maximum atomic E-state index is 13.2. The van der Waals surface area contributed by atoms with Gasteiger partial charge in [0.2, 0.25) is 0 Å². The molecular weight excluding hydrogens is 412 g/mol. The number of halogens is 1. The first-order chi connectivity index (χ1) is 14.5. The number of rotatable bonds is 5. The monoisotopic (exact) mass is 432 g/mol. The SMILES string of the molecule is Cc1ccc2sc(N(Cc3ccccc3)C(=O)/C=C/c3ccccc3Cl)nc2c1C. The van der Waals surface area contributed by atoms with E-state index in [4.69, 9.17) is 16.6 Å². The zero-order valence-corrected chi connectivity index (χ0v) is 18.4. The highest BCUT2D eigenvalue weighted by molar-refractivity contribution is 7.22. The molecule has 3 aromatic carbocycles. The molecule has 0 saturated carbocycles. The van der Waals surface area contributed by atoms with Crippen LogP contribution in [0, 0.1) is 13.8 Å². The summed E-state index contributed by atoms with van der Waals surface area (Å²) in [5.74, 6) is -0.132. The molecule has 0 aliphatic heterocycles. The summed E-state index contributed by atoms with van der Waals surface area (Å²) in [6, 6.07) is 21.6. The molecule has 0 spiro atoms. The average Bonchev–Trinajstić information content (AvgIpc) is 3.19. The molecule has 0 bridgehead atoms. The maximum absolute atomic E-state index is 13.2. The van der Waals surface area contributed by atoms with Gasteiger partial charge in [-0.05, 0) is 54.3 Å². The number of aromatic nitrogens is 1. The fourth-order valence-corrected chi connectivity index (χ4v) is 4.43. The van der Waals surface area contributed by atoms with Crippen molar-refractivity contribution in [3.63, 3.8) is 0 Å². The first-order valence-electron chi connectivity index (χ1n) is 9.67. The van der Waals surface area contributed by atoms with Gasteiger partial charge in [-0.3, -0.25) is 9.69 Å². The third-order valence-corrected chi connectivity index (χ3v) is 6.45. The lowest BCUT2D eigenvalue weighted by atomic mass is 10.1. The molecule has 0 aliphatic carbocycles. The topological polar surface area (TPSA) is 33.2 Å². The summed E-state index contributed by atoms with van der Waals surface area (Å²) in [6.07, 6.45) is 3.32. The Morgan fingerprint density at radius 1 is 1.03 bits per heavy atom. The molecule has 0 fully saturated rings. The van der Waals surface area contributed by atoms with Gasteiger partial charge in [-0.15, -0.1) is 0 Å². The Hall–Kier alpha value is -2.95. The van der Waals surface area contributed by atoms with E-state index >= 15 is 0 Å². The Balaban J connectivity index is 1.72. The van der Waals surface area contributed by atoms with Crippen LogP contribution in [0.1, 0.15) is 22.3 Å². The van der Waals surface area contributed by atoms with Crippen LogP contribution < -0.4 is 4.90 Å². The predicted octanol–water partition coefficient (Wildman–Crippen LogP) is 6.81. The molecule has 4 rings (SSSR count). The van der Waals surface area contributed by atoms with Crippen LogP contribution in [0.5, 0.6) is 0 Å². The van der Waals surface area contributed by atoms with Crippen molar-refractivity contribution in [1.82, 2.24) is 4.98 Å². The number of hydrogen-bond donors (Lipinski definition) is 0. The summed E-state index contributed by atoms with van der Waals surface area (Å²) in [6.45, 7) is 4.60. The lowest BCUT2D eigenvalue weighted by molar-refractivity contribution is -0.114. The molecule has 5 heteroatoms. The van der Waals surface area contributed by atoms with E-state index in [1.54, 1.807) is 17.1 Å². The second-order valence-corrected chi connectivity index (χ2v) is 8.53. The van der Waals surface area contributed by atoms with E-state index < -0.39 is 0 Å². The summed E-state index contributed by atoms with van der Waals surface area (Å²) in [4.78, 5) is 19.8. The number of benzene rings is 3. The molecule has 0 radical (unpaired) electrons. The number of nitrogens with zero attached hydrogens (tertiary/aromatic N) is 2. The fourth-order valence-electron chi connectivity index (χ4n) is 3.20. The highest BCUT2D eigenvalue weighted by atomic mass is 35.5.